The minimum atomic E-state index is -0.0888. The lowest BCUT2D eigenvalue weighted by Gasteiger charge is -2.37. The molecule has 1 aromatic heterocycles. The lowest BCUT2D eigenvalue weighted by atomic mass is 9.92. The highest BCUT2D eigenvalue weighted by Gasteiger charge is 2.33. The number of hydrogen-bond donors (Lipinski definition) is 0. The predicted octanol–water partition coefficient (Wildman–Crippen LogP) is 4.98. The van der Waals surface area contributed by atoms with E-state index < -0.39 is 0 Å². The van der Waals surface area contributed by atoms with Gasteiger partial charge in [-0.15, -0.1) is 11.3 Å². The average Bonchev–Trinajstić information content (AvgIpc) is 3.27. The Morgan fingerprint density at radius 3 is 2.66 bits per heavy atom. The van der Waals surface area contributed by atoms with E-state index in [0.29, 0.717) is 26.1 Å². The number of carbonyl (C=O) groups excluding carboxylic acids is 2. The van der Waals surface area contributed by atoms with Gasteiger partial charge in [0.1, 0.15) is 0 Å². The van der Waals surface area contributed by atoms with Crippen molar-refractivity contribution in [3.8, 4) is 0 Å². The summed E-state index contributed by atoms with van der Waals surface area (Å²) in [5.41, 5.74) is 3.55. The fourth-order valence-corrected chi connectivity index (χ4v) is 5.23. The molecule has 32 heavy (non-hydrogen) atoms. The molecule has 1 atom stereocenters. The van der Waals surface area contributed by atoms with Crippen molar-refractivity contribution < 1.29 is 14.3 Å². The maximum absolute atomic E-state index is 13.6. The van der Waals surface area contributed by atoms with Crippen LogP contribution in [0.1, 0.15) is 66.6 Å². The van der Waals surface area contributed by atoms with Gasteiger partial charge in [0.25, 0.3) is 0 Å². The van der Waals surface area contributed by atoms with E-state index in [0.717, 1.165) is 37.7 Å². The largest absolute Gasteiger partial charge is 0.385 e. The molecule has 0 fully saturated rings. The first-order chi connectivity index (χ1) is 15.5. The third-order valence-electron chi connectivity index (χ3n) is 6.13. The summed E-state index contributed by atoms with van der Waals surface area (Å²) in [5, 5.41) is 2.12. The molecule has 2 heterocycles. The molecule has 1 aromatic carbocycles. The maximum Gasteiger partial charge on any atom is 0.242 e. The Kier molecular flexibility index (Phi) is 9.30. The van der Waals surface area contributed by atoms with Crippen LogP contribution in [0.4, 0.5) is 0 Å². The molecule has 5 nitrogen and oxygen atoms in total. The monoisotopic (exact) mass is 456 g/mol. The summed E-state index contributed by atoms with van der Waals surface area (Å²) < 4.78 is 5.17. The molecule has 0 radical (unpaired) electrons. The number of nitrogens with zero attached hydrogens (tertiary/aromatic N) is 2. The van der Waals surface area contributed by atoms with E-state index in [1.165, 1.54) is 16.0 Å². The number of carbonyl (C=O) groups is 2. The molecule has 2 amide bonds. The van der Waals surface area contributed by atoms with E-state index in [1.54, 1.807) is 23.3 Å². The van der Waals surface area contributed by atoms with Gasteiger partial charge in [0.15, 0.2) is 0 Å². The summed E-state index contributed by atoms with van der Waals surface area (Å²) in [4.78, 5) is 31.5. The molecule has 174 valence electrons. The molecule has 0 bridgehead atoms. The lowest BCUT2D eigenvalue weighted by molar-refractivity contribution is -0.142. The molecule has 1 unspecified atom stereocenters. The number of unbranched alkanes of at least 4 members (excludes halogenated alkanes) is 2. The Labute approximate surface area is 196 Å². The predicted molar refractivity (Wildman–Crippen MR) is 130 cm³/mol. The van der Waals surface area contributed by atoms with Crippen LogP contribution in [-0.2, 0) is 20.7 Å². The zero-order valence-electron chi connectivity index (χ0n) is 19.6. The molecule has 0 saturated heterocycles. The highest BCUT2D eigenvalue weighted by molar-refractivity contribution is 7.10. The van der Waals surface area contributed by atoms with E-state index in [2.05, 4.69) is 49.6 Å². The first-order valence-electron chi connectivity index (χ1n) is 11.7. The van der Waals surface area contributed by atoms with Crippen molar-refractivity contribution in [2.75, 3.05) is 33.4 Å². The van der Waals surface area contributed by atoms with Crippen LogP contribution in [0.25, 0.3) is 0 Å². The van der Waals surface area contributed by atoms with E-state index in [-0.39, 0.29) is 24.4 Å². The Morgan fingerprint density at radius 1 is 1.16 bits per heavy atom. The summed E-state index contributed by atoms with van der Waals surface area (Å²) >= 11 is 1.77. The summed E-state index contributed by atoms with van der Waals surface area (Å²) in [6, 6.07) is 10.5. The molecule has 3 rings (SSSR count). The molecule has 0 saturated carbocycles. The third-order valence-corrected chi connectivity index (χ3v) is 7.13. The van der Waals surface area contributed by atoms with Crippen molar-refractivity contribution in [2.24, 2.45) is 0 Å². The van der Waals surface area contributed by atoms with Gasteiger partial charge < -0.3 is 14.5 Å². The normalized spacial score (nSPS) is 15.5. The fourth-order valence-electron chi connectivity index (χ4n) is 4.32. The summed E-state index contributed by atoms with van der Waals surface area (Å²) in [6.07, 6.45) is 5.09. The molecular weight excluding hydrogens is 420 g/mol. The second-order valence-corrected chi connectivity index (χ2v) is 9.57. The van der Waals surface area contributed by atoms with Gasteiger partial charge in [-0.3, -0.25) is 9.59 Å². The van der Waals surface area contributed by atoms with Gasteiger partial charge in [-0.05, 0) is 48.8 Å². The minimum Gasteiger partial charge on any atom is -0.385 e. The van der Waals surface area contributed by atoms with Crippen LogP contribution < -0.4 is 0 Å². The smallest absolute Gasteiger partial charge is 0.242 e. The number of fused-ring (bicyclic) bond motifs is 1. The summed E-state index contributed by atoms with van der Waals surface area (Å²) in [6.45, 7) is 6.16. The van der Waals surface area contributed by atoms with Crippen LogP contribution in [0.5, 0.6) is 0 Å². The van der Waals surface area contributed by atoms with Crippen LogP contribution in [0, 0.1) is 6.92 Å². The van der Waals surface area contributed by atoms with Crippen molar-refractivity contribution >= 4 is 23.2 Å². The number of benzene rings is 1. The average molecular weight is 457 g/mol. The maximum atomic E-state index is 13.6. The Morgan fingerprint density at radius 2 is 1.94 bits per heavy atom. The highest BCUT2D eigenvalue weighted by atomic mass is 32.1. The summed E-state index contributed by atoms with van der Waals surface area (Å²) in [5.74, 6) is 0.0942. The zero-order valence-corrected chi connectivity index (χ0v) is 20.5. The summed E-state index contributed by atoms with van der Waals surface area (Å²) in [7, 11) is 1.66. The Bertz CT molecular complexity index is 877. The van der Waals surface area contributed by atoms with Gasteiger partial charge in [0.05, 0.1) is 12.6 Å². The quantitative estimate of drug-likeness (QED) is 0.448. The van der Waals surface area contributed by atoms with Crippen molar-refractivity contribution in [3.05, 3.63) is 57.3 Å². The van der Waals surface area contributed by atoms with Gasteiger partial charge in [0, 0.05) is 38.1 Å². The molecule has 6 heteroatoms. The fraction of sp³-hybridized carbons (Fsp3) is 0.538. The van der Waals surface area contributed by atoms with Crippen molar-refractivity contribution in [2.45, 2.75) is 58.4 Å². The first-order valence-corrected chi connectivity index (χ1v) is 12.6. The number of methoxy groups -OCH3 is 1. The van der Waals surface area contributed by atoms with Crippen molar-refractivity contribution in [3.63, 3.8) is 0 Å². The number of aryl methyl sites for hydroxylation is 1. The van der Waals surface area contributed by atoms with Gasteiger partial charge in [0.2, 0.25) is 11.8 Å². The first kappa shape index (κ1) is 24.5. The van der Waals surface area contributed by atoms with Crippen molar-refractivity contribution in [1.82, 2.24) is 9.80 Å². The molecule has 2 aromatic rings. The van der Waals surface area contributed by atoms with E-state index in [4.69, 9.17) is 4.74 Å². The number of rotatable bonds is 11. The SMILES string of the molecule is CCCCCC(=O)N(CCCOC)CC(=O)N1CCc2sccc2C1c1ccc(C)cc1. The van der Waals surface area contributed by atoms with Crippen LogP contribution in [0.2, 0.25) is 0 Å². The van der Waals surface area contributed by atoms with Gasteiger partial charge in [-0.25, -0.2) is 0 Å². The van der Waals surface area contributed by atoms with E-state index in [9.17, 15) is 9.59 Å². The standard InChI is InChI=1S/C26H36N2O3S/c1-4-5-6-8-24(29)27(15-7-17-31-3)19-25(30)28-16-13-23-22(14-18-32-23)26(28)21-11-9-20(2)10-12-21/h9-12,14,18,26H,4-8,13,15-17,19H2,1-3H3. The molecule has 1 aliphatic heterocycles. The number of amides is 2. The van der Waals surface area contributed by atoms with Gasteiger partial charge in [-0.2, -0.15) is 0 Å². The third kappa shape index (κ3) is 6.20. The Hall–Kier alpha value is -2.18. The van der Waals surface area contributed by atoms with Crippen LogP contribution in [-0.4, -0.2) is 55.0 Å². The van der Waals surface area contributed by atoms with Crippen LogP contribution >= 0.6 is 11.3 Å². The van der Waals surface area contributed by atoms with Gasteiger partial charge >= 0.3 is 0 Å². The number of ether oxygens (including phenoxy) is 1. The molecule has 0 N–H and O–H groups in total. The van der Waals surface area contributed by atoms with E-state index >= 15 is 0 Å². The number of hydrogen-bond acceptors (Lipinski definition) is 4. The second-order valence-electron chi connectivity index (χ2n) is 8.57. The molecular formula is C26H36N2O3S. The zero-order chi connectivity index (χ0) is 22.9. The van der Waals surface area contributed by atoms with Gasteiger partial charge in [-0.1, -0.05) is 49.6 Å². The Balaban J connectivity index is 1.78. The number of thiophene rings is 1. The van der Waals surface area contributed by atoms with Crippen LogP contribution in [0.15, 0.2) is 35.7 Å². The lowest BCUT2D eigenvalue weighted by Crippen LogP contribution is -2.47. The topological polar surface area (TPSA) is 49.9 Å². The van der Waals surface area contributed by atoms with Crippen molar-refractivity contribution in [1.29, 1.82) is 0 Å². The molecule has 0 spiro atoms. The second kappa shape index (κ2) is 12.2. The van der Waals surface area contributed by atoms with E-state index in [1.807, 2.05) is 4.90 Å². The molecule has 0 aliphatic carbocycles. The van der Waals surface area contributed by atoms with Crippen LogP contribution in [0.3, 0.4) is 0 Å². The minimum absolute atomic E-state index is 0.0219. The molecule has 1 aliphatic rings. The highest BCUT2D eigenvalue weighted by Crippen LogP contribution is 2.38.